The summed E-state index contributed by atoms with van der Waals surface area (Å²) in [5, 5.41) is 0.631. The molecule has 2 bridgehead atoms. The first-order valence-electron chi connectivity index (χ1n) is 15.3. The Hall–Kier alpha value is -4.03. The minimum Gasteiger partial charge on any atom is -0.493 e. The summed E-state index contributed by atoms with van der Waals surface area (Å²) in [5.41, 5.74) is 1.62. The molecule has 0 radical (unpaired) electrons. The molecule has 2 aliphatic carbocycles. The predicted molar refractivity (Wildman–Crippen MR) is 171 cm³/mol. The lowest BCUT2D eigenvalue weighted by atomic mass is 9.68. The van der Waals surface area contributed by atoms with Crippen LogP contribution in [-0.2, 0) is 22.4 Å². The standard InChI is InChI=1S/C35H29F3N2O5S2/c1-16-6-5-7-17(12-16)15-45-23-11-10-18(13-24(23)44-2)25-26-19-14-20(29(26)46-31-30(25)47-34(43)39-31)28-27(19)32(41)40(33(28)42)22-9-4-3-8-21(22)35(36,37)38/h3-13,19-20,25-29H,14-15H2,1-2H3,(H,39,43)/t19-,20-,25?,26?,27?,28?,29?/m1/s1. The number of rotatable bonds is 6. The van der Waals surface area contributed by atoms with Crippen LogP contribution in [0, 0.1) is 36.5 Å². The maximum atomic E-state index is 14.0. The summed E-state index contributed by atoms with van der Waals surface area (Å²) in [4.78, 5) is 45.0. The van der Waals surface area contributed by atoms with Gasteiger partial charge in [-0.15, -0.1) is 11.8 Å². The number of alkyl halides is 3. The lowest BCUT2D eigenvalue weighted by Crippen LogP contribution is -2.42. The molecular formula is C35H29F3N2O5S2. The van der Waals surface area contributed by atoms with Crippen molar-refractivity contribution in [2.45, 2.75) is 42.3 Å². The number of anilines is 1. The zero-order chi connectivity index (χ0) is 32.8. The number of hydrogen-bond acceptors (Lipinski definition) is 7. The van der Waals surface area contributed by atoms with Crippen molar-refractivity contribution < 1.29 is 32.2 Å². The van der Waals surface area contributed by atoms with Crippen LogP contribution in [0.15, 0.2) is 76.6 Å². The number of halogens is 3. The molecule has 4 aromatic rings. The van der Waals surface area contributed by atoms with Crippen LogP contribution in [0.2, 0.25) is 0 Å². The third-order valence-electron chi connectivity index (χ3n) is 10.2. The molecule has 5 unspecified atom stereocenters. The molecule has 2 saturated carbocycles. The number of ether oxygens (including phenoxy) is 2. The van der Waals surface area contributed by atoms with Crippen molar-refractivity contribution in [2.75, 3.05) is 12.0 Å². The van der Waals surface area contributed by atoms with Crippen molar-refractivity contribution in [1.82, 2.24) is 4.98 Å². The van der Waals surface area contributed by atoms with E-state index in [0.29, 0.717) is 24.5 Å². The van der Waals surface area contributed by atoms with E-state index < -0.39 is 41.1 Å². The fourth-order valence-electron chi connectivity index (χ4n) is 8.50. The number of amides is 2. The summed E-state index contributed by atoms with van der Waals surface area (Å²) >= 11 is 2.66. The summed E-state index contributed by atoms with van der Waals surface area (Å²) in [7, 11) is 1.57. The number of H-pyrrole nitrogens is 1. The van der Waals surface area contributed by atoms with E-state index in [-0.39, 0.29) is 33.8 Å². The second-order valence-corrected chi connectivity index (χ2v) is 14.9. The highest BCUT2D eigenvalue weighted by molar-refractivity contribution is 8.00. The number of fused-ring (bicyclic) bond motifs is 9. The summed E-state index contributed by atoms with van der Waals surface area (Å²) in [5.74, 6) is -2.37. The molecular weight excluding hydrogens is 650 g/mol. The fourth-order valence-corrected chi connectivity index (χ4v) is 11.4. The first-order valence-corrected chi connectivity index (χ1v) is 17.0. The van der Waals surface area contributed by atoms with Gasteiger partial charge in [0.05, 0.1) is 35.2 Å². The molecule has 2 amide bonds. The Bertz CT molecular complexity index is 1990. The SMILES string of the molecule is COc1cc(C2c3sc(=O)[nH]c3SC3C2[C@H]2C[C@@H]3C3C(=O)N(c4ccccc4C(F)(F)F)C(=O)C32)ccc1OCc1cccc(C)c1. The summed E-state index contributed by atoms with van der Waals surface area (Å²) in [6.45, 7) is 2.37. The molecule has 3 aromatic carbocycles. The maximum absolute atomic E-state index is 14.0. The third kappa shape index (κ3) is 4.74. The van der Waals surface area contributed by atoms with E-state index in [1.807, 2.05) is 43.3 Å². The van der Waals surface area contributed by atoms with E-state index >= 15 is 0 Å². The number of aromatic nitrogens is 1. The largest absolute Gasteiger partial charge is 0.493 e. The van der Waals surface area contributed by atoms with Gasteiger partial charge in [-0.05, 0) is 66.5 Å². The minimum absolute atomic E-state index is 0.109. The number of aryl methyl sites for hydroxylation is 1. The molecule has 3 fully saturated rings. The van der Waals surface area contributed by atoms with Crippen molar-refractivity contribution in [3.05, 3.63) is 104 Å². The second kappa shape index (κ2) is 11.0. The highest BCUT2D eigenvalue weighted by Gasteiger charge is 2.70. The molecule has 7 atom stereocenters. The van der Waals surface area contributed by atoms with Crippen LogP contribution in [0.4, 0.5) is 18.9 Å². The Morgan fingerprint density at radius 3 is 2.45 bits per heavy atom. The third-order valence-corrected chi connectivity index (χ3v) is 12.8. The van der Waals surface area contributed by atoms with Gasteiger partial charge in [-0.3, -0.25) is 14.4 Å². The average molecular weight is 679 g/mol. The molecule has 1 saturated heterocycles. The van der Waals surface area contributed by atoms with Crippen LogP contribution < -0.4 is 19.2 Å². The number of thiazole rings is 1. The molecule has 3 heterocycles. The quantitative estimate of drug-likeness (QED) is 0.221. The molecule has 8 rings (SSSR count). The summed E-state index contributed by atoms with van der Waals surface area (Å²) in [6.07, 6.45) is -4.10. The number of aromatic amines is 1. The van der Waals surface area contributed by atoms with Gasteiger partial charge in [-0.25, -0.2) is 4.90 Å². The van der Waals surface area contributed by atoms with Gasteiger partial charge in [0.2, 0.25) is 11.8 Å². The van der Waals surface area contributed by atoms with Crippen molar-refractivity contribution in [2.24, 2.45) is 29.6 Å². The number of thioether (sulfide) groups is 1. The highest BCUT2D eigenvalue weighted by atomic mass is 32.2. The van der Waals surface area contributed by atoms with E-state index in [1.54, 1.807) is 7.11 Å². The molecule has 1 N–H and O–H groups in total. The smallest absolute Gasteiger partial charge is 0.418 e. The average Bonchev–Trinajstić information content (AvgIpc) is 3.78. The number of methoxy groups -OCH3 is 1. The molecule has 1 aromatic heterocycles. The Labute approximate surface area is 276 Å². The zero-order valence-electron chi connectivity index (χ0n) is 25.2. The zero-order valence-corrected chi connectivity index (χ0v) is 26.9. The highest BCUT2D eigenvalue weighted by Crippen LogP contribution is 2.69. The maximum Gasteiger partial charge on any atom is 0.418 e. The van der Waals surface area contributed by atoms with Gasteiger partial charge in [0, 0.05) is 16.0 Å². The molecule has 7 nitrogen and oxygen atoms in total. The van der Waals surface area contributed by atoms with Crippen molar-refractivity contribution >= 4 is 40.6 Å². The number of imide groups is 1. The summed E-state index contributed by atoms with van der Waals surface area (Å²) < 4.78 is 53.9. The first-order chi connectivity index (χ1) is 22.5. The minimum atomic E-state index is -4.72. The van der Waals surface area contributed by atoms with Crippen LogP contribution in [0.1, 0.15) is 39.5 Å². The molecule has 0 spiro atoms. The van der Waals surface area contributed by atoms with E-state index in [9.17, 15) is 27.6 Å². The summed E-state index contributed by atoms with van der Waals surface area (Å²) in [6, 6.07) is 18.5. The first kappa shape index (κ1) is 30.3. The van der Waals surface area contributed by atoms with Crippen molar-refractivity contribution in [3.63, 3.8) is 0 Å². The number of benzene rings is 3. The van der Waals surface area contributed by atoms with Crippen LogP contribution in [0.5, 0.6) is 11.5 Å². The van der Waals surface area contributed by atoms with Gasteiger partial charge in [-0.1, -0.05) is 59.4 Å². The Kier molecular flexibility index (Phi) is 7.10. The Morgan fingerprint density at radius 2 is 1.70 bits per heavy atom. The monoisotopic (exact) mass is 678 g/mol. The van der Waals surface area contributed by atoms with E-state index in [2.05, 4.69) is 11.1 Å². The molecule has 2 aliphatic heterocycles. The van der Waals surface area contributed by atoms with Gasteiger partial charge in [0.25, 0.3) is 0 Å². The van der Waals surface area contributed by atoms with Gasteiger partial charge in [0.15, 0.2) is 11.5 Å². The second-order valence-electron chi connectivity index (χ2n) is 12.7. The molecule has 47 heavy (non-hydrogen) atoms. The molecule has 4 aliphatic rings. The van der Waals surface area contributed by atoms with Gasteiger partial charge in [-0.2, -0.15) is 13.2 Å². The van der Waals surface area contributed by atoms with Crippen LogP contribution in [0.25, 0.3) is 0 Å². The number of carbonyl (C=O) groups excluding carboxylic acids is 2. The fraction of sp³-hybridized carbons (Fsp3) is 0.343. The van der Waals surface area contributed by atoms with Gasteiger partial charge in [0.1, 0.15) is 6.61 Å². The Balaban J connectivity index is 1.16. The van der Waals surface area contributed by atoms with Crippen molar-refractivity contribution in [1.29, 1.82) is 0 Å². The van der Waals surface area contributed by atoms with Gasteiger partial charge >= 0.3 is 11.0 Å². The van der Waals surface area contributed by atoms with E-state index in [4.69, 9.17) is 9.47 Å². The topological polar surface area (TPSA) is 88.7 Å². The van der Waals surface area contributed by atoms with Crippen LogP contribution >= 0.6 is 23.1 Å². The van der Waals surface area contributed by atoms with Gasteiger partial charge < -0.3 is 14.5 Å². The normalized spacial score (nSPS) is 27.5. The van der Waals surface area contributed by atoms with E-state index in [1.165, 1.54) is 30.0 Å². The predicted octanol–water partition coefficient (Wildman–Crippen LogP) is 7.03. The Morgan fingerprint density at radius 1 is 0.936 bits per heavy atom. The van der Waals surface area contributed by atoms with E-state index in [0.717, 1.165) is 48.9 Å². The number of nitrogens with one attached hydrogen (secondary N) is 1. The van der Waals surface area contributed by atoms with Crippen LogP contribution in [0.3, 0.4) is 0 Å². The van der Waals surface area contributed by atoms with Crippen molar-refractivity contribution in [3.8, 4) is 11.5 Å². The number of nitrogens with zero attached hydrogens (tertiary/aromatic N) is 1. The number of hydrogen-bond donors (Lipinski definition) is 1. The lowest BCUT2D eigenvalue weighted by molar-refractivity contribution is -0.137. The van der Waals surface area contributed by atoms with Crippen LogP contribution in [-0.4, -0.2) is 29.2 Å². The number of carbonyl (C=O) groups is 2. The lowest BCUT2D eigenvalue weighted by Gasteiger charge is -2.43. The molecule has 12 heteroatoms. The molecule has 242 valence electrons. The number of para-hydroxylation sites is 1.